The zero-order valence-corrected chi connectivity index (χ0v) is 17.3. The van der Waals surface area contributed by atoms with Gasteiger partial charge in [0.05, 0.1) is 11.6 Å². The summed E-state index contributed by atoms with van der Waals surface area (Å²) in [6.45, 7) is 0.376. The lowest BCUT2D eigenvalue weighted by Gasteiger charge is -2.28. The highest BCUT2D eigenvalue weighted by Gasteiger charge is 2.33. The van der Waals surface area contributed by atoms with Crippen LogP contribution in [0.1, 0.15) is 16.8 Å². The molecule has 0 saturated carbocycles. The van der Waals surface area contributed by atoms with Gasteiger partial charge in [-0.25, -0.2) is 0 Å². The fraction of sp³-hybridized carbons (Fsp3) is 0.0833. The van der Waals surface area contributed by atoms with Crippen molar-refractivity contribution in [2.75, 3.05) is 6.54 Å². The lowest BCUT2D eigenvalue weighted by atomic mass is 10.1. The Morgan fingerprint density at radius 1 is 1.00 bits per heavy atom. The highest BCUT2D eigenvalue weighted by Crippen LogP contribution is 2.21. The molecule has 31 heavy (non-hydrogen) atoms. The summed E-state index contributed by atoms with van der Waals surface area (Å²) in [5.41, 5.74) is 4.01. The van der Waals surface area contributed by atoms with Crippen molar-refractivity contribution < 1.29 is 9.59 Å². The molecule has 0 radical (unpaired) electrons. The first-order valence-electron chi connectivity index (χ1n) is 9.67. The minimum absolute atomic E-state index is 0.0230. The molecule has 0 bridgehead atoms. The minimum atomic E-state index is -0.513. The Morgan fingerprint density at radius 2 is 1.74 bits per heavy atom. The summed E-state index contributed by atoms with van der Waals surface area (Å²) in [6.07, 6.45) is 2.16. The van der Waals surface area contributed by atoms with Crippen molar-refractivity contribution in [3.63, 3.8) is 0 Å². The second kappa shape index (κ2) is 8.78. The minimum Gasteiger partial charge on any atom is -0.355 e. The van der Waals surface area contributed by atoms with Gasteiger partial charge in [-0.1, -0.05) is 42.5 Å². The summed E-state index contributed by atoms with van der Waals surface area (Å²) in [4.78, 5) is 30.0. The second-order valence-electron chi connectivity index (χ2n) is 7.03. The van der Waals surface area contributed by atoms with Crippen LogP contribution in [0.4, 0.5) is 0 Å². The Labute approximate surface area is 184 Å². The third-order valence-electron chi connectivity index (χ3n) is 4.99. The Morgan fingerprint density at radius 3 is 2.45 bits per heavy atom. The Balaban J connectivity index is 1.54. The average Bonchev–Trinajstić information content (AvgIpc) is 3.26. The van der Waals surface area contributed by atoms with Gasteiger partial charge in [0.2, 0.25) is 0 Å². The van der Waals surface area contributed by atoms with Gasteiger partial charge in [0.1, 0.15) is 5.57 Å². The van der Waals surface area contributed by atoms with Crippen LogP contribution in [0.5, 0.6) is 0 Å². The molecule has 4 rings (SSSR count). The zero-order valence-electron chi connectivity index (χ0n) is 16.5. The largest absolute Gasteiger partial charge is 0.355 e. The predicted molar refractivity (Wildman–Crippen MR) is 122 cm³/mol. The molecule has 2 amide bonds. The van der Waals surface area contributed by atoms with Crippen molar-refractivity contribution >= 4 is 35.2 Å². The van der Waals surface area contributed by atoms with E-state index in [0.717, 1.165) is 16.8 Å². The monoisotopic (exact) mass is 426 g/mol. The lowest BCUT2D eigenvalue weighted by molar-refractivity contribution is -0.128. The number of carbonyl (C=O) groups is 2. The molecule has 1 aliphatic rings. The average molecular weight is 427 g/mol. The van der Waals surface area contributed by atoms with Crippen molar-refractivity contribution in [2.45, 2.75) is 6.42 Å². The second-order valence-corrected chi connectivity index (χ2v) is 7.41. The number of aromatic amines is 1. The van der Waals surface area contributed by atoms with Gasteiger partial charge in [0, 0.05) is 17.9 Å². The SMILES string of the molecule is N#Cc1ccc(-c2ccc(/C=C3\C(=O)NC(=S)N(CCc4ccccc4)C3=O)[nH]2)cc1. The van der Waals surface area contributed by atoms with Gasteiger partial charge in [-0.2, -0.15) is 5.26 Å². The predicted octanol–water partition coefficient (Wildman–Crippen LogP) is 3.42. The summed E-state index contributed by atoms with van der Waals surface area (Å²) in [7, 11) is 0. The maximum atomic E-state index is 13.0. The van der Waals surface area contributed by atoms with Crippen LogP contribution >= 0.6 is 12.2 Å². The van der Waals surface area contributed by atoms with E-state index in [1.807, 2.05) is 48.5 Å². The summed E-state index contributed by atoms with van der Waals surface area (Å²) in [5.74, 6) is -0.931. The van der Waals surface area contributed by atoms with Gasteiger partial charge in [-0.15, -0.1) is 0 Å². The number of carbonyl (C=O) groups excluding carboxylic acids is 2. The molecule has 1 aliphatic heterocycles. The topological polar surface area (TPSA) is 89.0 Å². The van der Waals surface area contributed by atoms with Crippen molar-refractivity contribution in [2.24, 2.45) is 0 Å². The molecule has 0 unspecified atom stereocenters. The van der Waals surface area contributed by atoms with Crippen LogP contribution in [-0.4, -0.2) is 33.4 Å². The van der Waals surface area contributed by atoms with Crippen molar-refractivity contribution in [1.82, 2.24) is 15.2 Å². The molecule has 152 valence electrons. The molecule has 1 aromatic heterocycles. The number of thiocarbonyl (C=S) groups is 1. The summed E-state index contributed by atoms with van der Waals surface area (Å²) >= 11 is 5.22. The molecular formula is C24H18N4O2S. The molecule has 1 saturated heterocycles. The van der Waals surface area contributed by atoms with Crippen LogP contribution < -0.4 is 5.32 Å². The van der Waals surface area contributed by atoms with E-state index >= 15 is 0 Å². The van der Waals surface area contributed by atoms with Crippen LogP contribution in [0.3, 0.4) is 0 Å². The number of rotatable bonds is 5. The first-order valence-corrected chi connectivity index (χ1v) is 10.1. The number of amides is 2. The summed E-state index contributed by atoms with van der Waals surface area (Å²) in [6, 6.07) is 22.7. The maximum absolute atomic E-state index is 13.0. The van der Waals surface area contributed by atoms with E-state index in [9.17, 15) is 9.59 Å². The molecule has 2 heterocycles. The van der Waals surface area contributed by atoms with E-state index in [1.165, 1.54) is 11.0 Å². The first-order chi connectivity index (χ1) is 15.0. The molecule has 1 fully saturated rings. The quantitative estimate of drug-likeness (QED) is 0.372. The number of hydrogen-bond donors (Lipinski definition) is 2. The van der Waals surface area contributed by atoms with E-state index in [2.05, 4.69) is 16.4 Å². The molecular weight excluding hydrogens is 408 g/mol. The number of H-pyrrole nitrogens is 1. The van der Waals surface area contributed by atoms with Crippen LogP contribution in [0.2, 0.25) is 0 Å². The van der Waals surface area contributed by atoms with Gasteiger partial charge in [-0.3, -0.25) is 19.8 Å². The van der Waals surface area contributed by atoms with Gasteiger partial charge >= 0.3 is 0 Å². The van der Waals surface area contributed by atoms with Crippen LogP contribution in [-0.2, 0) is 16.0 Å². The van der Waals surface area contributed by atoms with E-state index in [-0.39, 0.29) is 10.7 Å². The summed E-state index contributed by atoms with van der Waals surface area (Å²) in [5, 5.41) is 11.7. The number of benzene rings is 2. The van der Waals surface area contributed by atoms with Gasteiger partial charge < -0.3 is 4.98 Å². The van der Waals surface area contributed by atoms with Gasteiger partial charge in [0.25, 0.3) is 11.8 Å². The van der Waals surface area contributed by atoms with E-state index in [4.69, 9.17) is 17.5 Å². The maximum Gasteiger partial charge on any atom is 0.265 e. The number of hydrogen-bond acceptors (Lipinski definition) is 4. The lowest BCUT2D eigenvalue weighted by Crippen LogP contribution is -2.54. The number of nitriles is 1. The van der Waals surface area contributed by atoms with Gasteiger partial charge in [0.15, 0.2) is 5.11 Å². The molecule has 2 N–H and O–H groups in total. The van der Waals surface area contributed by atoms with Crippen molar-refractivity contribution in [3.8, 4) is 17.3 Å². The fourth-order valence-electron chi connectivity index (χ4n) is 3.33. The molecule has 6 nitrogen and oxygen atoms in total. The fourth-order valence-corrected chi connectivity index (χ4v) is 3.59. The van der Waals surface area contributed by atoms with Crippen LogP contribution in [0.15, 0.2) is 72.3 Å². The molecule has 2 aromatic carbocycles. The third kappa shape index (κ3) is 4.44. The van der Waals surface area contributed by atoms with Gasteiger partial charge in [-0.05, 0) is 60.1 Å². The molecule has 0 aliphatic carbocycles. The highest BCUT2D eigenvalue weighted by molar-refractivity contribution is 7.80. The molecule has 0 atom stereocenters. The zero-order chi connectivity index (χ0) is 21.8. The number of nitrogens with one attached hydrogen (secondary N) is 2. The smallest absolute Gasteiger partial charge is 0.265 e. The molecule has 7 heteroatoms. The Kier molecular flexibility index (Phi) is 5.74. The normalized spacial score (nSPS) is 15.1. The van der Waals surface area contributed by atoms with Crippen LogP contribution in [0.25, 0.3) is 17.3 Å². The third-order valence-corrected chi connectivity index (χ3v) is 5.31. The molecule has 3 aromatic rings. The Bertz CT molecular complexity index is 1220. The van der Waals surface area contributed by atoms with Crippen LogP contribution in [0, 0.1) is 11.3 Å². The van der Waals surface area contributed by atoms with E-state index in [1.54, 1.807) is 18.2 Å². The standard InChI is InChI=1S/C24H18N4O2S/c25-15-17-6-8-18(9-7-17)21-11-10-19(26-21)14-20-22(29)27-24(31)28(23(20)30)13-12-16-4-2-1-3-5-16/h1-11,14,26H,12-13H2,(H,27,29,31)/b20-14+. The van der Waals surface area contributed by atoms with Crippen molar-refractivity contribution in [1.29, 1.82) is 5.26 Å². The summed E-state index contributed by atoms with van der Waals surface area (Å²) < 4.78 is 0. The number of aromatic nitrogens is 1. The van der Waals surface area contributed by atoms with E-state index in [0.29, 0.717) is 24.2 Å². The highest BCUT2D eigenvalue weighted by atomic mass is 32.1. The first kappa shape index (κ1) is 20.3. The Hall–Kier alpha value is -4.02. The molecule has 0 spiro atoms. The number of nitrogens with zero attached hydrogens (tertiary/aromatic N) is 2. The van der Waals surface area contributed by atoms with Crippen molar-refractivity contribution in [3.05, 3.63) is 89.1 Å². The van der Waals surface area contributed by atoms with E-state index < -0.39 is 11.8 Å².